The summed E-state index contributed by atoms with van der Waals surface area (Å²) in [6.45, 7) is 4.25. The molecule has 8 N–H and O–H groups in total. The molecule has 1 aliphatic carbocycles. The summed E-state index contributed by atoms with van der Waals surface area (Å²) >= 11 is 0. The van der Waals surface area contributed by atoms with Crippen molar-refractivity contribution >= 4 is 11.9 Å². The molecule has 312 valence electrons. The monoisotopic (exact) mass is 792 g/mol. The smallest absolute Gasteiger partial charge is 0.337 e. The minimum Gasteiger partial charge on any atom is -0.472 e. The van der Waals surface area contributed by atoms with Gasteiger partial charge in [0.15, 0.2) is 18.9 Å². The first-order chi connectivity index (χ1) is 26.2. The second-order valence-electron chi connectivity index (χ2n) is 14.1. The Morgan fingerprint density at radius 1 is 0.782 bits per heavy atom. The number of carbonyl (C=O) groups is 2. The van der Waals surface area contributed by atoms with Crippen LogP contribution in [0.25, 0.3) is 0 Å². The Bertz CT molecular complexity index is 1380. The Balaban J connectivity index is 1.37. The molecule has 4 heterocycles. The second kappa shape index (κ2) is 18.6. The molecule has 0 spiro atoms. The molecule has 18 atom stereocenters. The van der Waals surface area contributed by atoms with E-state index in [0.717, 1.165) is 12.5 Å². The maximum Gasteiger partial charge on any atom is 0.337 e. The molecule has 5 aliphatic rings. The lowest BCUT2D eigenvalue weighted by molar-refractivity contribution is -0.342. The molecule has 0 bridgehead atoms. The fraction of sp³-hybridized carbons (Fsp3) is 0.771. The Kier molecular flexibility index (Phi) is 14.7. The standard InChI is InChI=1S/C35H52O20/c1-6-14-15(8-22(46-3)47-4)17(11-49-32(14)54-34-28(42)26(40)24(38)20(9-36)52-34)31(45)51-19-7-16-18(30(44)48-5)12-50-33(23(16)13(19)2)55-35-29(43)27(41)25(39)21(10-37)53-35/h6,11-16,19-29,32-43H,1,7-10H2,2-5H3/t13-,14-,15+,16+,19?,20+,21+,23+,24+,25+,26-,27-,28+,29+,32+,33?,34-,35-/m0/s1. The number of hydrogen-bond acceptors (Lipinski definition) is 20. The quantitative estimate of drug-likeness (QED) is 0.0491. The minimum absolute atomic E-state index is 0.0221. The first-order valence-electron chi connectivity index (χ1n) is 17.8. The summed E-state index contributed by atoms with van der Waals surface area (Å²) in [5.74, 6) is -5.12. The van der Waals surface area contributed by atoms with E-state index in [2.05, 4.69) is 6.58 Å². The molecular formula is C35H52O20. The van der Waals surface area contributed by atoms with Crippen LogP contribution < -0.4 is 0 Å². The van der Waals surface area contributed by atoms with Crippen molar-refractivity contribution in [2.75, 3.05) is 34.5 Å². The Morgan fingerprint density at radius 2 is 1.31 bits per heavy atom. The van der Waals surface area contributed by atoms with Crippen LogP contribution in [0.3, 0.4) is 0 Å². The summed E-state index contributed by atoms with van der Waals surface area (Å²) in [4.78, 5) is 26.9. The van der Waals surface area contributed by atoms with E-state index in [1.807, 2.05) is 0 Å². The molecule has 2 unspecified atom stereocenters. The van der Waals surface area contributed by atoms with Gasteiger partial charge in [-0.15, -0.1) is 6.58 Å². The number of esters is 2. The molecule has 0 aromatic carbocycles. The molecule has 0 aromatic rings. The largest absolute Gasteiger partial charge is 0.472 e. The van der Waals surface area contributed by atoms with Crippen LogP contribution in [0.5, 0.6) is 0 Å². The number of fused-ring (bicyclic) bond motifs is 1. The molecule has 0 radical (unpaired) electrons. The van der Waals surface area contributed by atoms with E-state index in [1.165, 1.54) is 27.4 Å². The number of ether oxygens (including phenoxy) is 10. The van der Waals surface area contributed by atoms with Gasteiger partial charge >= 0.3 is 11.9 Å². The van der Waals surface area contributed by atoms with Crippen molar-refractivity contribution in [3.8, 4) is 0 Å². The molecular weight excluding hydrogens is 740 g/mol. The fourth-order valence-corrected chi connectivity index (χ4v) is 7.85. The number of methoxy groups -OCH3 is 3. The highest BCUT2D eigenvalue weighted by Gasteiger charge is 2.55. The van der Waals surface area contributed by atoms with Crippen LogP contribution >= 0.6 is 0 Å². The predicted octanol–water partition coefficient (Wildman–Crippen LogP) is -3.12. The van der Waals surface area contributed by atoms with Gasteiger partial charge in [0.2, 0.25) is 12.6 Å². The lowest BCUT2D eigenvalue weighted by Crippen LogP contribution is -2.60. The van der Waals surface area contributed by atoms with Gasteiger partial charge in [-0.25, -0.2) is 9.59 Å². The average Bonchev–Trinajstić information content (AvgIpc) is 3.51. The summed E-state index contributed by atoms with van der Waals surface area (Å²) < 4.78 is 56.4. The zero-order valence-electron chi connectivity index (χ0n) is 30.7. The third-order valence-electron chi connectivity index (χ3n) is 11.1. The second-order valence-corrected chi connectivity index (χ2v) is 14.1. The first-order valence-corrected chi connectivity index (χ1v) is 17.8. The number of hydrogen-bond donors (Lipinski definition) is 8. The normalized spacial score (nSPS) is 43.0. The molecule has 1 saturated carbocycles. The Hall–Kier alpha value is -2.80. The number of rotatable bonds is 14. The third kappa shape index (κ3) is 8.72. The number of aliphatic hydroxyl groups excluding tert-OH is 8. The van der Waals surface area contributed by atoms with Gasteiger partial charge in [0.25, 0.3) is 0 Å². The molecule has 0 amide bonds. The molecule has 20 nitrogen and oxygen atoms in total. The predicted molar refractivity (Wildman–Crippen MR) is 178 cm³/mol. The molecule has 0 aromatic heterocycles. The topological polar surface area (TPSA) is 288 Å². The Morgan fingerprint density at radius 3 is 1.82 bits per heavy atom. The third-order valence-corrected chi connectivity index (χ3v) is 11.1. The molecule has 20 heteroatoms. The maximum atomic E-state index is 14.1. The van der Waals surface area contributed by atoms with Crippen LogP contribution in [0.15, 0.2) is 36.3 Å². The lowest BCUT2D eigenvalue weighted by Gasteiger charge is -2.43. The molecule has 55 heavy (non-hydrogen) atoms. The van der Waals surface area contributed by atoms with Gasteiger partial charge in [-0.1, -0.05) is 13.0 Å². The van der Waals surface area contributed by atoms with Gasteiger partial charge in [0, 0.05) is 50.2 Å². The van der Waals surface area contributed by atoms with E-state index in [4.69, 9.17) is 47.4 Å². The van der Waals surface area contributed by atoms with E-state index >= 15 is 0 Å². The van der Waals surface area contributed by atoms with E-state index < -0.39 is 141 Å². The van der Waals surface area contributed by atoms with Crippen LogP contribution in [-0.4, -0.2) is 174 Å². The van der Waals surface area contributed by atoms with Crippen LogP contribution in [-0.2, 0) is 57.0 Å². The van der Waals surface area contributed by atoms with Gasteiger partial charge in [-0.05, 0) is 6.42 Å². The minimum atomic E-state index is -1.74. The van der Waals surface area contributed by atoms with E-state index in [1.54, 1.807) is 6.92 Å². The van der Waals surface area contributed by atoms with E-state index in [9.17, 15) is 50.4 Å². The Labute approximate surface area is 316 Å². The van der Waals surface area contributed by atoms with Crippen molar-refractivity contribution in [1.82, 2.24) is 0 Å². The van der Waals surface area contributed by atoms with Gasteiger partial charge < -0.3 is 88.2 Å². The van der Waals surface area contributed by atoms with E-state index in [-0.39, 0.29) is 24.0 Å². The summed E-state index contributed by atoms with van der Waals surface area (Å²) in [5, 5.41) is 81.5. The molecule has 4 aliphatic heterocycles. The SMILES string of the molecule is C=C[C@@H]1[C@@H](O[C@@H]2O[C@H](CO)[C@@H](O)[C@H](O)[C@H]2O)OC=C(C(=O)OC2C[C@@H]3C(C(=O)OC)=COC(O[C@@H]4O[C@H](CO)[C@@H](O)[C@H](O)[C@H]4O)[C@@H]3[C@H]2C)[C@@H]1CC(OC)OC. The van der Waals surface area contributed by atoms with Gasteiger partial charge in [0.1, 0.15) is 54.9 Å². The number of aliphatic hydroxyl groups is 8. The van der Waals surface area contributed by atoms with Crippen LogP contribution in [0.4, 0.5) is 0 Å². The van der Waals surface area contributed by atoms with Gasteiger partial charge in [-0.2, -0.15) is 0 Å². The van der Waals surface area contributed by atoms with Crippen LogP contribution in [0, 0.1) is 29.6 Å². The van der Waals surface area contributed by atoms with Gasteiger partial charge in [0.05, 0.1) is 44.0 Å². The lowest BCUT2D eigenvalue weighted by atomic mass is 9.81. The van der Waals surface area contributed by atoms with Crippen molar-refractivity contribution in [2.45, 2.75) is 106 Å². The first kappa shape index (κ1) is 43.3. The van der Waals surface area contributed by atoms with Crippen LogP contribution in [0.2, 0.25) is 0 Å². The number of carbonyl (C=O) groups excluding carboxylic acids is 2. The highest BCUT2D eigenvalue weighted by atomic mass is 16.8. The summed E-state index contributed by atoms with van der Waals surface area (Å²) in [6, 6.07) is 0. The zero-order valence-corrected chi connectivity index (χ0v) is 30.7. The van der Waals surface area contributed by atoms with Crippen molar-refractivity contribution in [2.24, 2.45) is 29.6 Å². The molecule has 5 rings (SSSR count). The maximum absolute atomic E-state index is 14.1. The highest BCUT2D eigenvalue weighted by molar-refractivity contribution is 5.90. The fourth-order valence-electron chi connectivity index (χ4n) is 7.85. The summed E-state index contributed by atoms with van der Waals surface area (Å²) in [7, 11) is 4.00. The molecule has 3 fully saturated rings. The van der Waals surface area contributed by atoms with Crippen molar-refractivity contribution in [3.05, 3.63) is 36.3 Å². The summed E-state index contributed by atoms with van der Waals surface area (Å²) in [5.41, 5.74) is 0.154. The highest BCUT2D eigenvalue weighted by Crippen LogP contribution is 2.49. The van der Waals surface area contributed by atoms with E-state index in [0.29, 0.717) is 0 Å². The average molecular weight is 793 g/mol. The molecule has 2 saturated heterocycles. The van der Waals surface area contributed by atoms with Crippen molar-refractivity contribution < 1.29 is 97.8 Å². The van der Waals surface area contributed by atoms with Crippen molar-refractivity contribution in [3.63, 3.8) is 0 Å². The van der Waals surface area contributed by atoms with Crippen molar-refractivity contribution in [1.29, 1.82) is 0 Å². The van der Waals surface area contributed by atoms with Crippen LogP contribution in [0.1, 0.15) is 19.8 Å². The van der Waals surface area contributed by atoms with Gasteiger partial charge in [-0.3, -0.25) is 0 Å². The zero-order chi connectivity index (χ0) is 40.3. The summed E-state index contributed by atoms with van der Waals surface area (Å²) in [6.07, 6.45) is -16.1.